The highest BCUT2D eigenvalue weighted by Gasteiger charge is 2.18. The molecule has 5 nitrogen and oxygen atoms in total. The topological polar surface area (TPSA) is 83.5 Å². The molecule has 0 aromatic heterocycles. The highest BCUT2D eigenvalue weighted by atomic mass is 79.9. The Morgan fingerprint density at radius 1 is 1.73 bits per heavy atom. The zero-order valence-electron chi connectivity index (χ0n) is 5.74. The number of nitrogens with one attached hydrogen (secondary N) is 1. The SMILES string of the molecule is CC(NC(=O)CBr)S(=O)(=O)O. The molecule has 1 amide bonds. The molecule has 0 spiro atoms. The molecule has 0 heterocycles. The minimum absolute atomic E-state index is 0.00681. The van der Waals surface area contributed by atoms with Crippen LogP contribution < -0.4 is 5.32 Å². The summed E-state index contributed by atoms with van der Waals surface area (Å²) >= 11 is 2.82. The van der Waals surface area contributed by atoms with Crippen LogP contribution in [0.2, 0.25) is 0 Å². The van der Waals surface area contributed by atoms with Crippen molar-refractivity contribution in [3.05, 3.63) is 0 Å². The summed E-state index contributed by atoms with van der Waals surface area (Å²) in [6, 6.07) is 0. The summed E-state index contributed by atoms with van der Waals surface area (Å²) in [4.78, 5) is 10.5. The fourth-order valence-corrected chi connectivity index (χ4v) is 0.782. The largest absolute Gasteiger partial charge is 0.337 e. The Morgan fingerprint density at radius 2 is 2.18 bits per heavy atom. The normalized spacial score (nSPS) is 14.1. The van der Waals surface area contributed by atoms with Gasteiger partial charge in [0.1, 0.15) is 0 Å². The Labute approximate surface area is 73.0 Å². The Kier molecular flexibility index (Phi) is 3.98. The monoisotopic (exact) mass is 245 g/mol. The second-order valence-corrected chi connectivity index (χ2v) is 4.16. The van der Waals surface area contributed by atoms with Crippen LogP contribution in [0, 0.1) is 0 Å². The molecule has 66 valence electrons. The van der Waals surface area contributed by atoms with Crippen LogP contribution in [0.4, 0.5) is 0 Å². The molecule has 0 aromatic carbocycles. The van der Waals surface area contributed by atoms with E-state index < -0.39 is 21.4 Å². The molecule has 0 aliphatic rings. The van der Waals surface area contributed by atoms with Crippen LogP contribution in [0.3, 0.4) is 0 Å². The van der Waals surface area contributed by atoms with Crippen LogP contribution in [0.5, 0.6) is 0 Å². The van der Waals surface area contributed by atoms with Crippen molar-refractivity contribution in [2.75, 3.05) is 5.33 Å². The molecule has 2 N–H and O–H groups in total. The van der Waals surface area contributed by atoms with Gasteiger partial charge in [0.15, 0.2) is 5.37 Å². The molecule has 0 aliphatic heterocycles. The van der Waals surface area contributed by atoms with Crippen molar-refractivity contribution in [1.29, 1.82) is 0 Å². The summed E-state index contributed by atoms with van der Waals surface area (Å²) in [5.74, 6) is -0.491. The van der Waals surface area contributed by atoms with Gasteiger partial charge in [-0.15, -0.1) is 0 Å². The third kappa shape index (κ3) is 4.33. The summed E-state index contributed by atoms with van der Waals surface area (Å²) < 4.78 is 29.0. The highest BCUT2D eigenvalue weighted by Crippen LogP contribution is 1.92. The van der Waals surface area contributed by atoms with E-state index in [0.717, 1.165) is 0 Å². The van der Waals surface area contributed by atoms with Gasteiger partial charge in [-0.3, -0.25) is 9.35 Å². The first-order valence-electron chi connectivity index (χ1n) is 2.69. The lowest BCUT2D eigenvalue weighted by Gasteiger charge is -2.08. The van der Waals surface area contributed by atoms with E-state index in [4.69, 9.17) is 4.55 Å². The number of halogens is 1. The number of alkyl halides is 1. The van der Waals surface area contributed by atoms with Crippen molar-refractivity contribution in [3.63, 3.8) is 0 Å². The van der Waals surface area contributed by atoms with Gasteiger partial charge in [-0.05, 0) is 6.92 Å². The van der Waals surface area contributed by atoms with Crippen LogP contribution in [-0.4, -0.2) is 29.6 Å². The van der Waals surface area contributed by atoms with E-state index in [1.54, 1.807) is 0 Å². The number of carbonyl (C=O) groups is 1. The van der Waals surface area contributed by atoms with Crippen molar-refractivity contribution in [2.45, 2.75) is 12.3 Å². The van der Waals surface area contributed by atoms with Crippen molar-refractivity contribution in [1.82, 2.24) is 5.32 Å². The van der Waals surface area contributed by atoms with Crippen LogP contribution in [0.1, 0.15) is 6.92 Å². The number of hydrogen-bond donors (Lipinski definition) is 2. The van der Waals surface area contributed by atoms with Gasteiger partial charge in [-0.1, -0.05) is 15.9 Å². The fourth-order valence-electron chi connectivity index (χ4n) is 0.340. The van der Waals surface area contributed by atoms with Gasteiger partial charge in [0.2, 0.25) is 5.91 Å². The summed E-state index contributed by atoms with van der Waals surface area (Å²) in [6.07, 6.45) is 0. The van der Waals surface area contributed by atoms with Crippen molar-refractivity contribution < 1.29 is 17.8 Å². The number of carbonyl (C=O) groups excluding carboxylic acids is 1. The van der Waals surface area contributed by atoms with Gasteiger partial charge in [0.05, 0.1) is 5.33 Å². The quantitative estimate of drug-likeness (QED) is 0.530. The Bertz CT molecular complexity index is 236. The van der Waals surface area contributed by atoms with E-state index in [9.17, 15) is 13.2 Å². The van der Waals surface area contributed by atoms with Crippen LogP contribution in [0.25, 0.3) is 0 Å². The molecule has 11 heavy (non-hydrogen) atoms. The second-order valence-electron chi connectivity index (χ2n) is 1.86. The van der Waals surface area contributed by atoms with Gasteiger partial charge in [0.25, 0.3) is 10.1 Å². The Morgan fingerprint density at radius 3 is 2.45 bits per heavy atom. The van der Waals surface area contributed by atoms with Gasteiger partial charge in [-0.2, -0.15) is 8.42 Å². The van der Waals surface area contributed by atoms with Crippen molar-refractivity contribution >= 4 is 32.0 Å². The molecule has 1 atom stereocenters. The highest BCUT2D eigenvalue weighted by molar-refractivity contribution is 9.09. The summed E-state index contributed by atoms with van der Waals surface area (Å²) in [5, 5.41) is 0.796. The van der Waals surface area contributed by atoms with E-state index in [2.05, 4.69) is 15.9 Å². The van der Waals surface area contributed by atoms with Gasteiger partial charge >= 0.3 is 0 Å². The smallest absolute Gasteiger partial charge is 0.285 e. The zero-order chi connectivity index (χ0) is 9.07. The summed E-state index contributed by atoms with van der Waals surface area (Å²) in [6.45, 7) is 1.18. The molecule has 0 saturated heterocycles. The third-order valence-electron chi connectivity index (χ3n) is 0.932. The van der Waals surface area contributed by atoms with E-state index in [-0.39, 0.29) is 5.33 Å². The Hall–Kier alpha value is -0.140. The first kappa shape index (κ1) is 10.9. The molecular weight excluding hydrogens is 238 g/mol. The summed E-state index contributed by atoms with van der Waals surface area (Å²) in [7, 11) is -4.16. The van der Waals surface area contributed by atoms with Gasteiger partial charge < -0.3 is 5.32 Å². The fraction of sp³-hybridized carbons (Fsp3) is 0.750. The van der Waals surface area contributed by atoms with E-state index in [1.165, 1.54) is 6.92 Å². The number of rotatable bonds is 3. The lowest BCUT2D eigenvalue weighted by Crippen LogP contribution is -2.38. The van der Waals surface area contributed by atoms with Gasteiger partial charge in [-0.25, -0.2) is 0 Å². The van der Waals surface area contributed by atoms with Crippen molar-refractivity contribution in [2.24, 2.45) is 0 Å². The zero-order valence-corrected chi connectivity index (χ0v) is 8.15. The lowest BCUT2D eigenvalue weighted by molar-refractivity contribution is -0.118. The van der Waals surface area contributed by atoms with E-state index in [0.29, 0.717) is 0 Å². The minimum Gasteiger partial charge on any atom is -0.337 e. The first-order valence-corrected chi connectivity index (χ1v) is 5.32. The number of hydrogen-bond acceptors (Lipinski definition) is 3. The maximum absolute atomic E-state index is 10.5. The average Bonchev–Trinajstić information content (AvgIpc) is 1.85. The predicted octanol–water partition coefficient (Wildman–Crippen LogP) is -0.269. The molecule has 0 saturated carbocycles. The third-order valence-corrected chi connectivity index (χ3v) is 2.45. The maximum Gasteiger partial charge on any atom is 0.285 e. The van der Waals surface area contributed by atoms with E-state index >= 15 is 0 Å². The molecule has 0 rings (SSSR count). The van der Waals surface area contributed by atoms with Crippen LogP contribution in [0.15, 0.2) is 0 Å². The molecular formula is C4H8BrNO4S. The maximum atomic E-state index is 10.5. The predicted molar refractivity (Wildman–Crippen MR) is 42.9 cm³/mol. The molecule has 0 aliphatic carbocycles. The van der Waals surface area contributed by atoms with Crippen LogP contribution in [-0.2, 0) is 14.9 Å². The number of amides is 1. The molecule has 1 unspecified atom stereocenters. The Balaban J connectivity index is 4.10. The standard InChI is InChI=1S/C4H8BrNO4S/c1-3(11(8,9)10)6-4(7)2-5/h3H,2H2,1H3,(H,6,7)(H,8,9,10). The molecule has 0 fully saturated rings. The lowest BCUT2D eigenvalue weighted by atomic mass is 10.6. The molecule has 0 bridgehead atoms. The molecule has 0 aromatic rings. The average molecular weight is 246 g/mol. The van der Waals surface area contributed by atoms with E-state index in [1.807, 2.05) is 5.32 Å². The first-order chi connectivity index (χ1) is 4.88. The van der Waals surface area contributed by atoms with Crippen LogP contribution >= 0.6 is 15.9 Å². The summed E-state index contributed by atoms with van der Waals surface area (Å²) in [5.41, 5.74) is 0. The molecule has 7 heteroatoms. The second kappa shape index (κ2) is 4.03. The van der Waals surface area contributed by atoms with Gasteiger partial charge in [0, 0.05) is 0 Å². The minimum atomic E-state index is -4.16. The van der Waals surface area contributed by atoms with Crippen molar-refractivity contribution in [3.8, 4) is 0 Å². The molecule has 0 radical (unpaired) electrons.